The lowest BCUT2D eigenvalue weighted by Gasteiger charge is -2.37. The molecule has 0 N–H and O–H groups in total. The predicted octanol–water partition coefficient (Wildman–Crippen LogP) is 4.64. The van der Waals surface area contributed by atoms with Crippen molar-refractivity contribution in [3.05, 3.63) is 63.5 Å². The van der Waals surface area contributed by atoms with Gasteiger partial charge in [0.05, 0.1) is 11.1 Å². The number of rotatable bonds is 5. The van der Waals surface area contributed by atoms with Gasteiger partial charge in [0.2, 0.25) is 0 Å². The molecule has 0 spiro atoms. The third-order valence-corrected chi connectivity index (χ3v) is 7.47. The maximum Gasteiger partial charge on any atom is 0.280 e. The minimum absolute atomic E-state index is 0.258. The Bertz CT molecular complexity index is 1300. The molecule has 1 atom stereocenters. The Labute approximate surface area is 195 Å². The molecule has 0 fully saturated rings. The molecule has 168 valence electrons. The van der Waals surface area contributed by atoms with Gasteiger partial charge in [-0.2, -0.15) is 5.01 Å². The molecule has 1 unspecified atom stereocenters. The van der Waals surface area contributed by atoms with Crippen molar-refractivity contribution < 1.29 is 19.2 Å². The molecule has 0 aliphatic carbocycles. The molecule has 2 aliphatic rings. The number of thiophene rings is 1. The molecule has 1 aromatic heterocycles. The van der Waals surface area contributed by atoms with Crippen molar-refractivity contribution in [3.63, 3.8) is 0 Å². The molecule has 0 radical (unpaired) electrons. The van der Waals surface area contributed by atoms with Gasteiger partial charge >= 0.3 is 0 Å². The topological polar surface area (TPSA) is 78.0 Å². The molecule has 0 saturated carbocycles. The number of aryl methyl sites for hydroxylation is 1. The van der Waals surface area contributed by atoms with Crippen LogP contribution in [0.15, 0.2) is 36.4 Å². The quantitative estimate of drug-likeness (QED) is 0.517. The highest BCUT2D eigenvalue weighted by molar-refractivity contribution is 7.16. The molecule has 0 saturated heterocycles. The number of hydrogen-bond donors (Lipinski definition) is 0. The smallest absolute Gasteiger partial charge is 0.272 e. The number of benzene rings is 2. The summed E-state index contributed by atoms with van der Waals surface area (Å²) in [4.78, 5) is 56.0. The van der Waals surface area contributed by atoms with Crippen molar-refractivity contribution in [1.29, 1.82) is 0 Å². The lowest BCUT2D eigenvalue weighted by atomic mass is 9.86. The molecule has 5 rings (SSSR count). The van der Waals surface area contributed by atoms with Gasteiger partial charge in [0.1, 0.15) is 5.00 Å². The van der Waals surface area contributed by atoms with Crippen LogP contribution in [0.3, 0.4) is 0 Å². The average molecular weight is 462 g/mol. The molecule has 4 amide bonds. The van der Waals surface area contributed by atoms with E-state index in [0.717, 1.165) is 9.88 Å². The van der Waals surface area contributed by atoms with E-state index in [9.17, 15) is 19.2 Å². The second kappa shape index (κ2) is 7.52. The van der Waals surface area contributed by atoms with E-state index in [1.54, 1.807) is 29.3 Å². The lowest BCUT2D eigenvalue weighted by Crippen LogP contribution is -2.52. The van der Waals surface area contributed by atoms with Gasteiger partial charge in [-0.1, -0.05) is 6.92 Å². The number of imide groups is 2. The van der Waals surface area contributed by atoms with E-state index in [1.807, 2.05) is 39.8 Å². The number of carbonyl (C=O) groups excluding carboxylic acids is 4. The second-order valence-electron chi connectivity index (χ2n) is 8.33. The van der Waals surface area contributed by atoms with Gasteiger partial charge in [-0.3, -0.25) is 29.1 Å². The van der Waals surface area contributed by atoms with Gasteiger partial charge in [-0.05, 0) is 63.6 Å². The van der Waals surface area contributed by atoms with Crippen LogP contribution in [0.25, 0.3) is 10.8 Å². The van der Waals surface area contributed by atoms with E-state index >= 15 is 0 Å². The lowest BCUT2D eigenvalue weighted by molar-refractivity contribution is 0.0539. The molecule has 0 bridgehead atoms. The summed E-state index contributed by atoms with van der Waals surface area (Å²) in [5.41, 5.74) is 1.32. The normalized spacial score (nSPS) is 16.1. The monoisotopic (exact) mass is 461 g/mol. The van der Waals surface area contributed by atoms with Crippen molar-refractivity contribution in [3.8, 4) is 0 Å². The van der Waals surface area contributed by atoms with Crippen molar-refractivity contribution in [2.75, 3.05) is 11.6 Å². The maximum atomic E-state index is 13.6. The van der Waals surface area contributed by atoms with Crippen molar-refractivity contribution >= 4 is 50.7 Å². The van der Waals surface area contributed by atoms with Crippen LogP contribution in [-0.4, -0.2) is 46.1 Å². The average Bonchev–Trinajstić information content (AvgIpc) is 3.24. The highest BCUT2D eigenvalue weighted by atomic mass is 32.1. The number of hydrogen-bond acceptors (Lipinski definition) is 6. The van der Waals surface area contributed by atoms with Crippen LogP contribution in [0.4, 0.5) is 5.00 Å². The predicted molar refractivity (Wildman–Crippen MR) is 127 cm³/mol. The second-order valence-corrected chi connectivity index (χ2v) is 9.60. The summed E-state index contributed by atoms with van der Waals surface area (Å²) in [6, 6.07) is 9.98. The number of nitrogens with zero attached hydrogens (tertiary/aromatic N) is 3. The summed E-state index contributed by atoms with van der Waals surface area (Å²) in [6.07, 6.45) is 0.632. The minimum Gasteiger partial charge on any atom is -0.272 e. The zero-order valence-corrected chi connectivity index (χ0v) is 19.7. The number of carbonyl (C=O) groups is 4. The molecular weight excluding hydrogens is 438 g/mol. The Hall–Kier alpha value is -3.52. The summed E-state index contributed by atoms with van der Waals surface area (Å²) >= 11 is 1.50. The minimum atomic E-state index is -0.464. The fourth-order valence-corrected chi connectivity index (χ4v) is 5.56. The van der Waals surface area contributed by atoms with E-state index < -0.39 is 23.6 Å². The van der Waals surface area contributed by atoms with Crippen LogP contribution in [-0.2, 0) is 0 Å². The van der Waals surface area contributed by atoms with Crippen molar-refractivity contribution in [2.24, 2.45) is 0 Å². The van der Waals surface area contributed by atoms with Gasteiger partial charge in [0.15, 0.2) is 0 Å². The van der Waals surface area contributed by atoms with Crippen molar-refractivity contribution in [1.82, 2.24) is 9.91 Å². The highest BCUT2D eigenvalue weighted by Crippen LogP contribution is 2.39. The first-order valence-corrected chi connectivity index (χ1v) is 11.8. The number of hydrazine groups is 1. The van der Waals surface area contributed by atoms with Gasteiger partial charge < -0.3 is 0 Å². The molecule has 2 aliphatic heterocycles. The largest absolute Gasteiger partial charge is 0.280 e. The first-order valence-electron chi connectivity index (χ1n) is 11.0. The molecule has 7 nitrogen and oxygen atoms in total. The van der Waals surface area contributed by atoms with Gasteiger partial charge in [0.25, 0.3) is 23.6 Å². The molecule has 3 aromatic rings. The Morgan fingerprint density at radius 2 is 1.27 bits per heavy atom. The van der Waals surface area contributed by atoms with E-state index in [4.69, 9.17) is 0 Å². The fourth-order valence-electron chi connectivity index (χ4n) is 4.64. The summed E-state index contributed by atoms with van der Waals surface area (Å²) in [5.74, 6) is -1.71. The molecule has 2 aromatic carbocycles. The summed E-state index contributed by atoms with van der Waals surface area (Å²) in [7, 11) is 0. The van der Waals surface area contributed by atoms with Crippen LogP contribution < -0.4 is 5.01 Å². The van der Waals surface area contributed by atoms with Gasteiger partial charge in [-0.15, -0.1) is 11.3 Å². The SMILES string of the molecule is CCC(C)N1C(=O)c2ccc3c4c(ccc(c24)C1=O)C(=O)N(N(CC)c1ccc(C)s1)C3=O. The molecule has 33 heavy (non-hydrogen) atoms. The maximum absolute atomic E-state index is 13.6. The molecule has 3 heterocycles. The van der Waals surface area contributed by atoms with E-state index in [1.165, 1.54) is 21.2 Å². The van der Waals surface area contributed by atoms with Crippen LogP contribution in [0.2, 0.25) is 0 Å². The van der Waals surface area contributed by atoms with E-state index in [-0.39, 0.29) is 6.04 Å². The Morgan fingerprint density at radius 1 is 0.788 bits per heavy atom. The molecule has 8 heteroatoms. The zero-order valence-electron chi connectivity index (χ0n) is 18.8. The standard InChI is InChI=1S/C25H23N3O4S/c1-5-13(3)27-22(29)15-8-10-17-21-18(11-9-16(20(15)21)23(27)30)25(32)28(24(17)31)26(6-2)19-12-7-14(4)33-19/h7-13H,5-6H2,1-4H3. The Morgan fingerprint density at radius 3 is 1.67 bits per heavy atom. The van der Waals surface area contributed by atoms with E-state index in [0.29, 0.717) is 46.0 Å². The Balaban J connectivity index is 1.71. The highest BCUT2D eigenvalue weighted by Gasteiger charge is 2.42. The number of amides is 4. The Kier molecular flexibility index (Phi) is 4.86. The summed E-state index contributed by atoms with van der Waals surface area (Å²) < 4.78 is 0. The van der Waals surface area contributed by atoms with Crippen LogP contribution in [0.1, 0.15) is 73.5 Å². The summed E-state index contributed by atoms with van der Waals surface area (Å²) in [6.45, 7) is 8.02. The third-order valence-electron chi connectivity index (χ3n) is 6.46. The molecular formula is C25H23N3O4S. The first kappa shape index (κ1) is 21.3. The van der Waals surface area contributed by atoms with E-state index in [2.05, 4.69) is 0 Å². The van der Waals surface area contributed by atoms with Gasteiger partial charge in [-0.25, -0.2) is 0 Å². The third kappa shape index (κ3) is 2.87. The summed E-state index contributed by atoms with van der Waals surface area (Å²) in [5, 5.41) is 4.42. The van der Waals surface area contributed by atoms with Gasteiger partial charge in [0, 0.05) is 39.4 Å². The van der Waals surface area contributed by atoms with Crippen molar-refractivity contribution in [2.45, 2.75) is 40.2 Å². The van der Waals surface area contributed by atoms with Crippen LogP contribution in [0.5, 0.6) is 0 Å². The fraction of sp³-hybridized carbons (Fsp3) is 0.280. The number of anilines is 1. The first-order chi connectivity index (χ1) is 15.8. The van der Waals surface area contributed by atoms with Crippen LogP contribution in [0, 0.1) is 6.92 Å². The van der Waals surface area contributed by atoms with Crippen LogP contribution >= 0.6 is 11.3 Å². The zero-order chi connectivity index (χ0) is 23.6.